The number of fused-ring (bicyclic) bond motifs is 5. The van der Waals surface area contributed by atoms with E-state index in [1.54, 1.807) is 6.07 Å². The van der Waals surface area contributed by atoms with Crippen LogP contribution in [0.5, 0.6) is 0 Å². The lowest BCUT2D eigenvalue weighted by atomic mass is 9.74. The number of hydrogen-bond acceptors (Lipinski definition) is 4. The standard InChI is InChI=1S/C20H15ClF4N2O3/c21-11-3-10(20(23,24)25)4-12(6-11)27-17(29)19-8-18(19,9-1-2-26-15(22)5-9)16-13(28)7-14(19)30-16/h1-6,13-14,16,28H,7-8H2,(H,27,29)/t13-,14+,16-,18+,19+/m0/s1. The number of aliphatic hydroxyl groups excluding tert-OH is 1. The molecule has 1 aromatic heterocycles. The van der Waals surface area contributed by atoms with Gasteiger partial charge in [-0.2, -0.15) is 17.6 Å². The van der Waals surface area contributed by atoms with Crippen molar-refractivity contribution in [1.82, 2.24) is 4.98 Å². The van der Waals surface area contributed by atoms with Crippen LogP contribution in [-0.4, -0.2) is 34.3 Å². The Labute approximate surface area is 173 Å². The Balaban J connectivity index is 1.51. The second-order valence-corrected chi connectivity index (χ2v) is 8.45. The van der Waals surface area contributed by atoms with Gasteiger partial charge in [-0.25, -0.2) is 4.98 Å². The molecule has 158 valence electrons. The summed E-state index contributed by atoms with van der Waals surface area (Å²) in [4.78, 5) is 16.8. The topological polar surface area (TPSA) is 71.5 Å². The van der Waals surface area contributed by atoms with Gasteiger partial charge in [0.1, 0.15) is 0 Å². The number of benzene rings is 1. The second-order valence-electron chi connectivity index (χ2n) is 8.02. The van der Waals surface area contributed by atoms with Gasteiger partial charge in [-0.3, -0.25) is 4.79 Å². The van der Waals surface area contributed by atoms with Crippen LogP contribution in [0.2, 0.25) is 5.02 Å². The maximum Gasteiger partial charge on any atom is 0.416 e. The van der Waals surface area contributed by atoms with Crippen molar-refractivity contribution in [3.05, 3.63) is 58.6 Å². The number of carbonyl (C=O) groups is 1. The first-order valence-electron chi connectivity index (χ1n) is 9.23. The number of amides is 1. The number of anilines is 1. The number of nitrogens with one attached hydrogen (secondary N) is 1. The molecule has 2 saturated heterocycles. The van der Waals surface area contributed by atoms with Gasteiger partial charge in [-0.1, -0.05) is 11.6 Å². The van der Waals surface area contributed by atoms with Crippen molar-refractivity contribution in [3.8, 4) is 0 Å². The summed E-state index contributed by atoms with van der Waals surface area (Å²) in [6.45, 7) is 0. The summed E-state index contributed by atoms with van der Waals surface area (Å²) in [6, 6.07) is 5.57. The second kappa shape index (κ2) is 6.15. The number of pyridine rings is 1. The highest BCUT2D eigenvalue weighted by Gasteiger charge is 2.87. The van der Waals surface area contributed by atoms with Crippen LogP contribution in [0.1, 0.15) is 24.0 Å². The average molecular weight is 443 g/mol. The highest BCUT2D eigenvalue weighted by Crippen LogP contribution is 2.77. The van der Waals surface area contributed by atoms with Crippen LogP contribution in [0.15, 0.2) is 36.5 Å². The van der Waals surface area contributed by atoms with E-state index in [-0.39, 0.29) is 23.6 Å². The number of rotatable bonds is 3. The van der Waals surface area contributed by atoms with Gasteiger partial charge in [0.25, 0.3) is 0 Å². The molecule has 3 heterocycles. The summed E-state index contributed by atoms with van der Waals surface area (Å²) in [5.74, 6) is -1.28. The Kier molecular flexibility index (Phi) is 4.04. The van der Waals surface area contributed by atoms with Crippen molar-refractivity contribution in [2.45, 2.75) is 42.7 Å². The molecule has 10 heteroatoms. The van der Waals surface area contributed by atoms with Crippen molar-refractivity contribution in [1.29, 1.82) is 0 Å². The lowest BCUT2D eigenvalue weighted by molar-refractivity contribution is -0.137. The van der Waals surface area contributed by atoms with Crippen LogP contribution in [-0.2, 0) is 21.1 Å². The summed E-state index contributed by atoms with van der Waals surface area (Å²) in [5, 5.41) is 12.7. The van der Waals surface area contributed by atoms with Gasteiger partial charge in [0.2, 0.25) is 11.9 Å². The normalized spacial score (nSPS) is 34.0. The van der Waals surface area contributed by atoms with E-state index in [0.717, 1.165) is 12.1 Å². The first-order valence-corrected chi connectivity index (χ1v) is 9.60. The molecule has 2 N–H and O–H groups in total. The van der Waals surface area contributed by atoms with Crippen LogP contribution < -0.4 is 5.32 Å². The maximum absolute atomic E-state index is 13.8. The predicted octanol–water partition coefficient (Wildman–Crippen LogP) is 3.69. The van der Waals surface area contributed by atoms with Crippen molar-refractivity contribution < 1.29 is 32.2 Å². The van der Waals surface area contributed by atoms with Gasteiger partial charge in [-0.05, 0) is 42.3 Å². The molecule has 3 fully saturated rings. The van der Waals surface area contributed by atoms with E-state index in [2.05, 4.69) is 10.3 Å². The van der Waals surface area contributed by atoms with E-state index in [9.17, 15) is 27.5 Å². The molecule has 2 aliphatic heterocycles. The number of carbonyl (C=O) groups excluding carboxylic acids is 1. The fourth-order valence-corrected chi connectivity index (χ4v) is 5.52. The predicted molar refractivity (Wildman–Crippen MR) is 97.3 cm³/mol. The molecule has 0 unspecified atom stereocenters. The molecule has 5 nitrogen and oxygen atoms in total. The number of alkyl halides is 3. The summed E-state index contributed by atoms with van der Waals surface area (Å²) in [7, 11) is 0. The molecule has 3 aliphatic rings. The molecule has 1 aromatic carbocycles. The third-order valence-corrected chi connectivity index (χ3v) is 6.73. The molecule has 30 heavy (non-hydrogen) atoms. The van der Waals surface area contributed by atoms with E-state index >= 15 is 0 Å². The third-order valence-electron chi connectivity index (χ3n) is 6.51. The van der Waals surface area contributed by atoms with E-state index < -0.39 is 52.7 Å². The number of hydrogen-bond donors (Lipinski definition) is 2. The zero-order valence-corrected chi connectivity index (χ0v) is 16.0. The lowest BCUT2D eigenvalue weighted by Gasteiger charge is -2.29. The average Bonchev–Trinajstić information content (AvgIpc) is 3.14. The maximum atomic E-state index is 13.8. The molecule has 1 saturated carbocycles. The molecule has 1 aliphatic carbocycles. The highest BCUT2D eigenvalue weighted by molar-refractivity contribution is 6.31. The van der Waals surface area contributed by atoms with Gasteiger partial charge >= 0.3 is 6.18 Å². The fourth-order valence-electron chi connectivity index (χ4n) is 5.28. The van der Waals surface area contributed by atoms with Crippen molar-refractivity contribution in [2.24, 2.45) is 5.41 Å². The number of ether oxygens (including phenoxy) is 1. The summed E-state index contributed by atoms with van der Waals surface area (Å²) in [5.41, 5.74) is -2.70. The summed E-state index contributed by atoms with van der Waals surface area (Å²) in [6.07, 6.45) is -5.01. The fraction of sp³-hybridized carbons (Fsp3) is 0.400. The Morgan fingerprint density at radius 2 is 2.07 bits per heavy atom. The van der Waals surface area contributed by atoms with Crippen LogP contribution in [0.3, 0.4) is 0 Å². The minimum atomic E-state index is -4.62. The molecule has 5 rings (SSSR count). The number of nitrogens with zero attached hydrogens (tertiary/aromatic N) is 1. The molecule has 0 spiro atoms. The zero-order chi connectivity index (χ0) is 21.5. The minimum absolute atomic E-state index is 0.0979. The Morgan fingerprint density at radius 3 is 2.77 bits per heavy atom. The molecule has 0 radical (unpaired) electrons. The van der Waals surface area contributed by atoms with Crippen LogP contribution in [0.4, 0.5) is 23.2 Å². The quantitative estimate of drug-likeness (QED) is 0.562. The van der Waals surface area contributed by atoms with E-state index in [0.29, 0.717) is 5.56 Å². The molecule has 1 amide bonds. The monoisotopic (exact) mass is 442 g/mol. The van der Waals surface area contributed by atoms with Crippen LogP contribution >= 0.6 is 11.6 Å². The highest BCUT2D eigenvalue weighted by atomic mass is 35.5. The third kappa shape index (κ3) is 2.55. The van der Waals surface area contributed by atoms with Crippen molar-refractivity contribution >= 4 is 23.2 Å². The SMILES string of the molecule is O=C(Nc1cc(Cl)cc(C(F)(F)F)c1)[C@]12C[C@@]1(c1ccnc(F)c1)[C@H]1O[C@@H]2C[C@@H]1O. The van der Waals surface area contributed by atoms with Gasteiger partial charge < -0.3 is 15.2 Å². The Bertz CT molecular complexity index is 1060. The van der Waals surface area contributed by atoms with E-state index in [1.165, 1.54) is 18.3 Å². The number of aliphatic hydroxyl groups is 1. The lowest BCUT2D eigenvalue weighted by Crippen LogP contribution is -2.44. The molecular formula is C20H15ClF4N2O3. The van der Waals surface area contributed by atoms with Crippen LogP contribution in [0, 0.1) is 11.4 Å². The zero-order valence-electron chi connectivity index (χ0n) is 15.2. The van der Waals surface area contributed by atoms with Crippen molar-refractivity contribution in [3.63, 3.8) is 0 Å². The van der Waals surface area contributed by atoms with Gasteiger partial charge in [0.15, 0.2) is 0 Å². The number of halogens is 5. The summed E-state index contributed by atoms with van der Waals surface area (Å²) >= 11 is 5.81. The first-order chi connectivity index (χ1) is 14.1. The molecular weight excluding hydrogens is 428 g/mol. The van der Waals surface area contributed by atoms with Gasteiger partial charge in [-0.15, -0.1) is 0 Å². The van der Waals surface area contributed by atoms with Gasteiger partial charge in [0.05, 0.1) is 29.3 Å². The molecule has 2 aromatic rings. The number of aromatic nitrogens is 1. The Morgan fingerprint density at radius 1 is 1.30 bits per heavy atom. The van der Waals surface area contributed by atoms with E-state index in [4.69, 9.17) is 16.3 Å². The first kappa shape index (κ1) is 19.7. The molecule has 5 atom stereocenters. The van der Waals surface area contributed by atoms with Crippen molar-refractivity contribution in [2.75, 3.05) is 5.32 Å². The van der Waals surface area contributed by atoms with Gasteiger partial charge in [0, 0.05) is 28.7 Å². The van der Waals surface area contributed by atoms with E-state index in [1.807, 2.05) is 0 Å². The Hall–Kier alpha value is -2.23. The largest absolute Gasteiger partial charge is 0.416 e. The smallest absolute Gasteiger partial charge is 0.390 e. The van der Waals surface area contributed by atoms with Crippen LogP contribution in [0.25, 0.3) is 0 Å². The molecule has 2 bridgehead atoms. The minimum Gasteiger partial charge on any atom is -0.390 e. The summed E-state index contributed by atoms with van der Waals surface area (Å²) < 4.78 is 58.9.